The number of nitriles is 1. The lowest BCUT2D eigenvalue weighted by Gasteiger charge is -2.20. The fraction of sp³-hybridized carbons (Fsp3) is 0.346. The number of anilines is 2. The first-order valence-electron chi connectivity index (χ1n) is 11.8. The maximum atomic E-state index is 16.4. The van der Waals surface area contributed by atoms with Crippen molar-refractivity contribution in [3.8, 4) is 17.2 Å². The van der Waals surface area contributed by atoms with Crippen LogP contribution >= 0.6 is 11.3 Å². The number of hydrogen-bond acceptors (Lipinski definition) is 8. The number of halogens is 2. The van der Waals surface area contributed by atoms with E-state index in [1.807, 2.05) is 14.1 Å². The summed E-state index contributed by atoms with van der Waals surface area (Å²) in [6.45, 7) is 2.93. The number of rotatable bonds is 4. The predicted molar refractivity (Wildman–Crippen MR) is 137 cm³/mol. The molecule has 36 heavy (non-hydrogen) atoms. The molecule has 0 bridgehead atoms. The quantitative estimate of drug-likeness (QED) is 0.430. The number of thiophene rings is 1. The van der Waals surface area contributed by atoms with Crippen molar-refractivity contribution in [1.29, 1.82) is 5.26 Å². The van der Waals surface area contributed by atoms with Crippen LogP contribution < -0.4 is 10.6 Å². The number of nitrogen functional groups attached to an aromatic ring is 1. The van der Waals surface area contributed by atoms with Gasteiger partial charge in [0, 0.05) is 52.4 Å². The van der Waals surface area contributed by atoms with Gasteiger partial charge in [-0.3, -0.25) is 0 Å². The monoisotopic (exact) mass is 506 g/mol. The van der Waals surface area contributed by atoms with Crippen LogP contribution in [-0.2, 0) is 18.0 Å². The van der Waals surface area contributed by atoms with Gasteiger partial charge in [0.2, 0.25) is 5.95 Å². The summed E-state index contributed by atoms with van der Waals surface area (Å²) < 4.78 is 38.2. The molecule has 1 saturated heterocycles. The molecule has 4 aromatic rings. The molecular weight excluding hydrogens is 482 g/mol. The first-order chi connectivity index (χ1) is 17.4. The number of fused-ring (bicyclic) bond motifs is 4. The van der Waals surface area contributed by atoms with Crippen molar-refractivity contribution in [1.82, 2.24) is 14.9 Å². The predicted octanol–water partition coefficient (Wildman–Crippen LogP) is 4.66. The van der Waals surface area contributed by atoms with Crippen LogP contribution in [0.15, 0.2) is 18.3 Å². The van der Waals surface area contributed by atoms with Gasteiger partial charge in [0.25, 0.3) is 0 Å². The van der Waals surface area contributed by atoms with E-state index in [1.165, 1.54) is 17.4 Å². The Labute approximate surface area is 210 Å². The van der Waals surface area contributed by atoms with Crippen molar-refractivity contribution in [2.45, 2.75) is 19.6 Å². The Morgan fingerprint density at radius 2 is 2.06 bits per heavy atom. The minimum absolute atomic E-state index is 0.0329. The third-order valence-corrected chi connectivity index (χ3v) is 8.06. The van der Waals surface area contributed by atoms with Crippen LogP contribution in [0.2, 0.25) is 0 Å². The highest BCUT2D eigenvalue weighted by molar-refractivity contribution is 7.23. The molecule has 1 fully saturated rings. The molecule has 1 atom stereocenters. The van der Waals surface area contributed by atoms with Gasteiger partial charge in [-0.2, -0.15) is 5.26 Å². The summed E-state index contributed by atoms with van der Waals surface area (Å²) in [4.78, 5) is 13.5. The third kappa shape index (κ3) is 3.50. The van der Waals surface area contributed by atoms with E-state index in [0.29, 0.717) is 32.9 Å². The molecule has 0 amide bonds. The number of benzene rings is 2. The van der Waals surface area contributed by atoms with E-state index in [9.17, 15) is 5.26 Å². The smallest absolute Gasteiger partial charge is 0.225 e. The van der Waals surface area contributed by atoms with Crippen molar-refractivity contribution in [3.63, 3.8) is 0 Å². The van der Waals surface area contributed by atoms with E-state index in [4.69, 9.17) is 10.5 Å². The summed E-state index contributed by atoms with van der Waals surface area (Å²) in [7, 11) is 4.10. The van der Waals surface area contributed by atoms with Crippen LogP contribution in [-0.4, -0.2) is 48.6 Å². The summed E-state index contributed by atoms with van der Waals surface area (Å²) in [5, 5.41) is 10.9. The Hall–Kier alpha value is -3.39. The Balaban J connectivity index is 1.57. The largest absolute Gasteiger partial charge is 0.389 e. The molecule has 4 heterocycles. The Bertz CT molecular complexity index is 1580. The summed E-state index contributed by atoms with van der Waals surface area (Å²) in [5.41, 5.74) is 7.78. The molecule has 184 valence electrons. The number of ether oxygens (including phenoxy) is 1. The molecule has 2 aromatic heterocycles. The number of nitrogens with zero attached hydrogens (tertiary/aromatic N) is 5. The number of aromatic nitrogens is 2. The van der Waals surface area contributed by atoms with Crippen molar-refractivity contribution in [3.05, 3.63) is 46.7 Å². The first-order valence-corrected chi connectivity index (χ1v) is 12.6. The van der Waals surface area contributed by atoms with Crippen molar-refractivity contribution in [2.24, 2.45) is 5.92 Å². The lowest BCUT2D eigenvalue weighted by atomic mass is 9.90. The summed E-state index contributed by atoms with van der Waals surface area (Å²) in [6, 6.07) is 4.94. The summed E-state index contributed by atoms with van der Waals surface area (Å²) in [6.07, 6.45) is 2.66. The van der Waals surface area contributed by atoms with Crippen LogP contribution in [0.1, 0.15) is 23.1 Å². The van der Waals surface area contributed by atoms with Crippen molar-refractivity contribution < 1.29 is 13.5 Å². The zero-order valence-electron chi connectivity index (χ0n) is 19.9. The van der Waals surface area contributed by atoms with Gasteiger partial charge in [-0.1, -0.05) is 0 Å². The van der Waals surface area contributed by atoms with Gasteiger partial charge in [0.15, 0.2) is 5.82 Å². The third-order valence-electron chi connectivity index (χ3n) is 7.07. The van der Waals surface area contributed by atoms with Gasteiger partial charge < -0.3 is 20.3 Å². The molecule has 0 spiro atoms. The average Bonchev–Trinajstić information content (AvgIpc) is 3.58. The molecule has 10 heteroatoms. The van der Waals surface area contributed by atoms with E-state index >= 15 is 8.78 Å². The van der Waals surface area contributed by atoms with Crippen LogP contribution in [0.5, 0.6) is 0 Å². The molecule has 0 unspecified atom stereocenters. The fourth-order valence-corrected chi connectivity index (χ4v) is 6.47. The topological polar surface area (TPSA) is 91.3 Å². The van der Waals surface area contributed by atoms with Gasteiger partial charge in [-0.15, -0.1) is 11.3 Å². The highest BCUT2D eigenvalue weighted by Gasteiger charge is 2.31. The van der Waals surface area contributed by atoms with Crippen LogP contribution in [0.4, 0.5) is 19.7 Å². The van der Waals surface area contributed by atoms with Crippen molar-refractivity contribution in [2.75, 3.05) is 44.4 Å². The maximum absolute atomic E-state index is 16.4. The molecule has 0 aliphatic carbocycles. The summed E-state index contributed by atoms with van der Waals surface area (Å²) in [5.74, 6) is -0.316. The van der Waals surface area contributed by atoms with Crippen LogP contribution in [0, 0.1) is 28.9 Å². The molecule has 2 aromatic carbocycles. The Morgan fingerprint density at radius 1 is 1.25 bits per heavy atom. The lowest BCUT2D eigenvalue weighted by molar-refractivity contribution is 0.135. The molecule has 2 N–H and O–H groups in total. The molecule has 2 aliphatic rings. The molecule has 7 nitrogen and oxygen atoms in total. The van der Waals surface area contributed by atoms with Gasteiger partial charge >= 0.3 is 0 Å². The second-order valence-electron chi connectivity index (χ2n) is 9.68. The second-order valence-corrected chi connectivity index (χ2v) is 10.8. The van der Waals surface area contributed by atoms with E-state index in [1.54, 1.807) is 12.3 Å². The first kappa shape index (κ1) is 23.0. The van der Waals surface area contributed by atoms with E-state index in [-0.39, 0.29) is 40.4 Å². The number of hydrogen-bond donors (Lipinski definition) is 1. The van der Waals surface area contributed by atoms with E-state index < -0.39 is 11.6 Å². The zero-order chi connectivity index (χ0) is 25.1. The fourth-order valence-electron chi connectivity index (χ4n) is 5.54. The van der Waals surface area contributed by atoms with Crippen LogP contribution in [0.3, 0.4) is 0 Å². The highest BCUT2D eigenvalue weighted by Crippen LogP contribution is 2.46. The van der Waals surface area contributed by atoms with Gasteiger partial charge in [-0.05, 0) is 49.7 Å². The minimum atomic E-state index is -0.637. The van der Waals surface area contributed by atoms with Crippen molar-refractivity contribution >= 4 is 43.3 Å². The SMILES string of the molecule is CN(C)C[C@@H]1CCN(c2ncc3c4c(c(-c5c(F)ccc6sc(N)c(C#N)c56)c(F)c3n2)COC4)C1. The second kappa shape index (κ2) is 8.62. The molecule has 6 rings (SSSR count). The average molecular weight is 507 g/mol. The van der Waals surface area contributed by atoms with E-state index in [2.05, 4.69) is 25.8 Å². The van der Waals surface area contributed by atoms with Crippen LogP contribution in [0.25, 0.3) is 32.1 Å². The zero-order valence-corrected chi connectivity index (χ0v) is 20.8. The van der Waals surface area contributed by atoms with Gasteiger partial charge in [0.1, 0.15) is 22.4 Å². The molecule has 0 saturated carbocycles. The van der Waals surface area contributed by atoms with Gasteiger partial charge in [-0.25, -0.2) is 18.7 Å². The normalized spacial score (nSPS) is 17.4. The number of nitrogens with two attached hydrogens (primary N) is 1. The Morgan fingerprint density at radius 3 is 2.83 bits per heavy atom. The maximum Gasteiger partial charge on any atom is 0.225 e. The summed E-state index contributed by atoms with van der Waals surface area (Å²) >= 11 is 1.19. The lowest BCUT2D eigenvalue weighted by Crippen LogP contribution is -2.26. The molecule has 2 aliphatic heterocycles. The Kier molecular flexibility index (Phi) is 5.52. The van der Waals surface area contributed by atoms with E-state index in [0.717, 1.165) is 31.6 Å². The molecule has 0 radical (unpaired) electrons. The standard InChI is InChI=1S/C26H24F2N6OS/c1-33(2)9-13-5-6-34(10-13)26-31-8-15-16-11-35-12-17(16)21(23(28)24(15)32-26)22-18(27)3-4-19-20(22)14(7-29)25(30)36-19/h3-4,8,13H,5-6,9-12,30H2,1-2H3/t13-/m0/s1. The highest BCUT2D eigenvalue weighted by atomic mass is 32.1. The van der Waals surface area contributed by atoms with Gasteiger partial charge in [0.05, 0.1) is 18.8 Å². The minimum Gasteiger partial charge on any atom is -0.389 e. The molecular formula is C26H24F2N6OS.